The van der Waals surface area contributed by atoms with Crippen molar-refractivity contribution in [2.24, 2.45) is 0 Å². The van der Waals surface area contributed by atoms with Crippen molar-refractivity contribution in [1.82, 2.24) is 5.32 Å². The zero-order valence-electron chi connectivity index (χ0n) is 8.69. The van der Waals surface area contributed by atoms with E-state index in [1.165, 1.54) is 18.6 Å². The van der Waals surface area contributed by atoms with Gasteiger partial charge in [0.25, 0.3) is 0 Å². The summed E-state index contributed by atoms with van der Waals surface area (Å²) in [6.07, 6.45) is 4.65. The highest BCUT2D eigenvalue weighted by atomic mass is 79.9. The lowest BCUT2D eigenvalue weighted by Crippen LogP contribution is -2.14. The first-order chi connectivity index (χ1) is 7.24. The zero-order chi connectivity index (χ0) is 11.1. The van der Waals surface area contributed by atoms with E-state index in [0.717, 1.165) is 28.0 Å². The Morgan fingerprint density at radius 1 is 1.40 bits per heavy atom. The second-order valence-electron chi connectivity index (χ2n) is 3.21. The van der Waals surface area contributed by atoms with Crippen LogP contribution in [-0.4, -0.2) is 18.6 Å². The molecule has 1 rings (SSSR count). The average molecular weight is 357 g/mol. The van der Waals surface area contributed by atoms with Gasteiger partial charge in [0.1, 0.15) is 5.76 Å². The molecule has 0 aliphatic rings. The summed E-state index contributed by atoms with van der Waals surface area (Å²) < 4.78 is 7.18. The lowest BCUT2D eigenvalue weighted by atomic mass is 10.3. The second-order valence-corrected chi connectivity index (χ2v) is 5.77. The Balaban J connectivity index is 2.10. The van der Waals surface area contributed by atoms with Gasteiger partial charge in [-0.3, -0.25) is 0 Å². The first-order valence-corrected chi connectivity index (χ1v) is 7.85. The fraction of sp³-hybridized carbons (Fsp3) is 0.600. The maximum atomic E-state index is 5.45. The predicted molar refractivity (Wildman–Crippen MR) is 73.4 cm³/mol. The van der Waals surface area contributed by atoms with Crippen molar-refractivity contribution in [2.45, 2.75) is 19.4 Å². The van der Waals surface area contributed by atoms with Crippen LogP contribution in [0, 0.1) is 0 Å². The molecule has 0 aliphatic heterocycles. The molecule has 0 unspecified atom stereocenters. The number of halogens is 2. The number of unbranched alkanes of at least 4 members (excludes halogenated alkanes) is 1. The van der Waals surface area contributed by atoms with Gasteiger partial charge in [0, 0.05) is 0 Å². The summed E-state index contributed by atoms with van der Waals surface area (Å²) in [6, 6.07) is 1.99. The molecule has 1 aromatic heterocycles. The summed E-state index contributed by atoms with van der Waals surface area (Å²) in [7, 11) is 0. The molecule has 2 nitrogen and oxygen atoms in total. The van der Waals surface area contributed by atoms with Gasteiger partial charge in [-0.2, -0.15) is 11.8 Å². The third kappa shape index (κ3) is 5.43. The van der Waals surface area contributed by atoms with Gasteiger partial charge in [-0.25, -0.2) is 0 Å². The largest absolute Gasteiger partial charge is 0.452 e. The van der Waals surface area contributed by atoms with Gasteiger partial charge in [-0.1, -0.05) is 0 Å². The van der Waals surface area contributed by atoms with E-state index in [9.17, 15) is 0 Å². The van der Waals surface area contributed by atoms with E-state index in [4.69, 9.17) is 4.42 Å². The molecule has 86 valence electrons. The number of nitrogens with one attached hydrogen (secondary N) is 1. The minimum absolute atomic E-state index is 0.765. The number of furan rings is 1. The Hall–Kier alpha value is 0.550. The van der Waals surface area contributed by atoms with Crippen LogP contribution in [0.3, 0.4) is 0 Å². The van der Waals surface area contributed by atoms with Crippen LogP contribution in [-0.2, 0) is 6.54 Å². The highest BCUT2D eigenvalue weighted by molar-refractivity contribution is 9.13. The smallest absolute Gasteiger partial charge is 0.183 e. The van der Waals surface area contributed by atoms with Gasteiger partial charge in [-0.15, -0.1) is 0 Å². The van der Waals surface area contributed by atoms with Crippen molar-refractivity contribution < 1.29 is 4.42 Å². The Morgan fingerprint density at radius 2 is 2.20 bits per heavy atom. The van der Waals surface area contributed by atoms with E-state index >= 15 is 0 Å². The fourth-order valence-corrected chi connectivity index (χ4v) is 2.34. The van der Waals surface area contributed by atoms with E-state index in [1.807, 2.05) is 17.8 Å². The number of rotatable bonds is 7. The molecule has 0 spiro atoms. The number of thioether (sulfide) groups is 1. The van der Waals surface area contributed by atoms with Gasteiger partial charge in [-0.05, 0) is 69.3 Å². The van der Waals surface area contributed by atoms with Crippen molar-refractivity contribution >= 4 is 43.6 Å². The molecule has 0 amide bonds. The fourth-order valence-electron chi connectivity index (χ4n) is 1.19. The summed E-state index contributed by atoms with van der Waals surface area (Å²) in [5.74, 6) is 2.21. The van der Waals surface area contributed by atoms with Gasteiger partial charge >= 0.3 is 0 Å². The van der Waals surface area contributed by atoms with Crippen LogP contribution in [0.4, 0.5) is 0 Å². The van der Waals surface area contributed by atoms with Crippen molar-refractivity contribution in [3.63, 3.8) is 0 Å². The predicted octanol–water partition coefficient (Wildman–Crippen LogP) is 4.04. The van der Waals surface area contributed by atoms with E-state index in [-0.39, 0.29) is 0 Å². The average Bonchev–Trinajstić information content (AvgIpc) is 2.52. The lowest BCUT2D eigenvalue weighted by molar-refractivity contribution is 0.463. The van der Waals surface area contributed by atoms with Crippen molar-refractivity contribution in [2.75, 3.05) is 18.6 Å². The minimum atomic E-state index is 0.765. The van der Waals surface area contributed by atoms with Crippen molar-refractivity contribution in [3.8, 4) is 0 Å². The van der Waals surface area contributed by atoms with Crippen LogP contribution in [0.5, 0.6) is 0 Å². The monoisotopic (exact) mass is 355 g/mol. The molecule has 0 fully saturated rings. The standard InChI is InChI=1S/C10H15Br2NOS/c1-15-5-3-2-4-13-7-8-6-9(11)10(12)14-8/h6,13H,2-5,7H2,1H3. The molecule has 0 aromatic carbocycles. The first kappa shape index (κ1) is 13.6. The summed E-state index contributed by atoms with van der Waals surface area (Å²) in [5.41, 5.74) is 0. The van der Waals surface area contributed by atoms with Crippen LogP contribution in [0.15, 0.2) is 19.6 Å². The molecule has 5 heteroatoms. The number of hydrogen-bond acceptors (Lipinski definition) is 3. The van der Waals surface area contributed by atoms with Crippen LogP contribution >= 0.6 is 43.6 Å². The highest BCUT2D eigenvalue weighted by Gasteiger charge is 2.04. The van der Waals surface area contributed by atoms with E-state index in [0.29, 0.717) is 0 Å². The Kier molecular flexibility index (Phi) is 7.05. The highest BCUT2D eigenvalue weighted by Crippen LogP contribution is 2.26. The molecule has 0 saturated heterocycles. The molecular weight excluding hydrogens is 342 g/mol. The normalized spacial score (nSPS) is 10.9. The Bertz CT molecular complexity index is 271. The quantitative estimate of drug-likeness (QED) is 0.746. The summed E-state index contributed by atoms with van der Waals surface area (Å²) >= 11 is 8.61. The summed E-state index contributed by atoms with van der Waals surface area (Å²) in [4.78, 5) is 0. The van der Waals surface area contributed by atoms with Crippen molar-refractivity contribution in [1.29, 1.82) is 0 Å². The van der Waals surface area contributed by atoms with Crippen LogP contribution < -0.4 is 5.32 Å². The summed E-state index contributed by atoms with van der Waals surface area (Å²) in [6.45, 7) is 1.85. The molecule has 15 heavy (non-hydrogen) atoms. The van der Waals surface area contributed by atoms with Gasteiger partial charge in [0.2, 0.25) is 0 Å². The topological polar surface area (TPSA) is 25.2 Å². The zero-order valence-corrected chi connectivity index (χ0v) is 12.7. The molecule has 0 atom stereocenters. The SMILES string of the molecule is CSCCCCNCc1cc(Br)c(Br)o1. The molecule has 1 N–H and O–H groups in total. The maximum Gasteiger partial charge on any atom is 0.183 e. The lowest BCUT2D eigenvalue weighted by Gasteiger charge is -2.01. The van der Waals surface area contributed by atoms with Crippen LogP contribution in [0.1, 0.15) is 18.6 Å². The molecule has 0 radical (unpaired) electrons. The van der Waals surface area contributed by atoms with E-state index in [1.54, 1.807) is 0 Å². The van der Waals surface area contributed by atoms with E-state index < -0.39 is 0 Å². The second kappa shape index (κ2) is 7.76. The third-order valence-electron chi connectivity index (χ3n) is 1.95. The van der Waals surface area contributed by atoms with Gasteiger partial charge in [0.05, 0.1) is 11.0 Å². The maximum absolute atomic E-state index is 5.45. The molecule has 0 saturated carbocycles. The molecule has 0 bridgehead atoms. The van der Waals surface area contributed by atoms with Gasteiger partial charge in [0.15, 0.2) is 4.67 Å². The molecule has 0 aliphatic carbocycles. The molecule has 1 aromatic rings. The van der Waals surface area contributed by atoms with Gasteiger partial charge < -0.3 is 9.73 Å². The minimum Gasteiger partial charge on any atom is -0.452 e. The summed E-state index contributed by atoms with van der Waals surface area (Å²) in [5, 5.41) is 3.36. The molecule has 1 heterocycles. The Labute approximate surface area is 112 Å². The number of hydrogen-bond donors (Lipinski definition) is 1. The van der Waals surface area contributed by atoms with E-state index in [2.05, 4.69) is 43.4 Å². The Morgan fingerprint density at radius 3 is 2.80 bits per heavy atom. The molecular formula is C10H15Br2NOS. The van der Waals surface area contributed by atoms with Crippen molar-refractivity contribution in [3.05, 3.63) is 21.0 Å². The van der Waals surface area contributed by atoms with Crippen LogP contribution in [0.25, 0.3) is 0 Å². The third-order valence-corrected chi connectivity index (χ3v) is 4.35. The first-order valence-electron chi connectivity index (χ1n) is 4.87. The van der Waals surface area contributed by atoms with Crippen LogP contribution in [0.2, 0.25) is 0 Å².